The maximum Gasteiger partial charge on any atom is 0.338 e. The number of urea groups is 1. The van der Waals surface area contributed by atoms with Crippen molar-refractivity contribution in [3.8, 4) is 0 Å². The van der Waals surface area contributed by atoms with Crippen LogP contribution in [0.25, 0.3) is 0 Å². The van der Waals surface area contributed by atoms with Crippen molar-refractivity contribution >= 4 is 44.8 Å². The fourth-order valence-corrected chi connectivity index (χ4v) is 3.54. The minimum Gasteiger partial charge on any atom is -0.454 e. The van der Waals surface area contributed by atoms with Crippen LogP contribution in [0.5, 0.6) is 0 Å². The number of carbonyl (C=O) groups is 3. The van der Waals surface area contributed by atoms with Gasteiger partial charge in [-0.2, -0.15) is 0 Å². The van der Waals surface area contributed by atoms with Gasteiger partial charge >= 0.3 is 12.0 Å². The first-order valence-corrected chi connectivity index (χ1v) is 10.7. The van der Waals surface area contributed by atoms with E-state index in [1.165, 1.54) is 35.6 Å². The number of amides is 2. The van der Waals surface area contributed by atoms with Gasteiger partial charge in [0.1, 0.15) is 0 Å². The number of ketones is 1. The van der Waals surface area contributed by atoms with Crippen molar-refractivity contribution in [2.75, 3.05) is 24.7 Å². The molecule has 0 aliphatic carbocycles. The molecule has 0 fully saturated rings. The van der Waals surface area contributed by atoms with Crippen LogP contribution in [-0.4, -0.2) is 45.6 Å². The number of nitrogens with two attached hydrogens (primary N) is 1. The topological polar surface area (TPSA) is 145 Å². The number of hydrogen-bond donors (Lipinski definition) is 3. The van der Waals surface area contributed by atoms with E-state index in [1.54, 1.807) is 12.1 Å². The van der Waals surface area contributed by atoms with Crippen molar-refractivity contribution < 1.29 is 27.5 Å². The normalized spacial score (nSPS) is 11.0. The number of benzene rings is 1. The molecular weight excluding hydrogens is 406 g/mol. The summed E-state index contributed by atoms with van der Waals surface area (Å²) < 4.78 is 29.5. The molecule has 0 saturated carbocycles. The van der Waals surface area contributed by atoms with Crippen molar-refractivity contribution in [2.24, 2.45) is 5.73 Å². The first-order valence-electron chi connectivity index (χ1n) is 8.04. The largest absolute Gasteiger partial charge is 0.454 e. The zero-order valence-corrected chi connectivity index (χ0v) is 16.6. The number of nitrogens with one attached hydrogen (secondary N) is 2. The predicted octanol–water partition coefficient (Wildman–Crippen LogP) is 1.37. The Balaban J connectivity index is 1.84. The van der Waals surface area contributed by atoms with Crippen LogP contribution in [0.3, 0.4) is 0 Å². The molecule has 0 bridgehead atoms. The summed E-state index contributed by atoms with van der Waals surface area (Å²) in [6, 6.07) is 8.48. The lowest BCUT2D eigenvalue weighted by atomic mass is 10.2. The van der Waals surface area contributed by atoms with Crippen LogP contribution in [0.4, 0.5) is 10.5 Å². The van der Waals surface area contributed by atoms with Gasteiger partial charge in [-0.05, 0) is 42.8 Å². The molecule has 1 heterocycles. The second kappa shape index (κ2) is 9.44. The number of primary amides is 1. The smallest absolute Gasteiger partial charge is 0.338 e. The van der Waals surface area contributed by atoms with E-state index in [0.29, 0.717) is 17.0 Å². The summed E-state index contributed by atoms with van der Waals surface area (Å²) in [6.07, 6.45) is 1.53. The second-order valence-corrected chi connectivity index (χ2v) is 8.75. The molecule has 0 atom stereocenters. The number of Topliss-reactive ketones (excluding diaryl/α,β-unsaturated/α-hetero) is 1. The molecule has 0 aliphatic rings. The van der Waals surface area contributed by atoms with Crippen LogP contribution in [-0.2, 0) is 21.2 Å². The van der Waals surface area contributed by atoms with Gasteiger partial charge in [-0.1, -0.05) is 0 Å². The third kappa shape index (κ3) is 7.10. The summed E-state index contributed by atoms with van der Waals surface area (Å²) in [4.78, 5) is 36.2. The second-order valence-electron chi connectivity index (χ2n) is 5.75. The van der Waals surface area contributed by atoms with Crippen LogP contribution < -0.4 is 15.8 Å². The zero-order chi connectivity index (χ0) is 20.7. The molecule has 11 heteroatoms. The van der Waals surface area contributed by atoms with E-state index in [4.69, 9.17) is 10.5 Å². The Morgan fingerprint density at radius 3 is 2.39 bits per heavy atom. The Bertz CT molecular complexity index is 967. The van der Waals surface area contributed by atoms with Gasteiger partial charge in [0.05, 0.1) is 16.7 Å². The Morgan fingerprint density at radius 1 is 1.11 bits per heavy atom. The van der Waals surface area contributed by atoms with Gasteiger partial charge in [0.2, 0.25) is 15.8 Å². The van der Waals surface area contributed by atoms with E-state index in [-0.39, 0.29) is 17.9 Å². The lowest BCUT2D eigenvalue weighted by Crippen LogP contribution is -2.24. The van der Waals surface area contributed by atoms with Gasteiger partial charge in [-0.3, -0.25) is 4.79 Å². The molecule has 0 aliphatic heterocycles. The summed E-state index contributed by atoms with van der Waals surface area (Å²) >= 11 is 1.22. The first kappa shape index (κ1) is 21.5. The minimum atomic E-state index is -3.25. The molecule has 28 heavy (non-hydrogen) atoms. The number of hydrogen-bond acceptors (Lipinski definition) is 7. The number of esters is 1. The van der Waals surface area contributed by atoms with Gasteiger partial charge in [0.15, 0.2) is 6.61 Å². The number of anilines is 1. The van der Waals surface area contributed by atoms with Crippen molar-refractivity contribution in [1.29, 1.82) is 0 Å². The van der Waals surface area contributed by atoms with E-state index < -0.39 is 28.6 Å². The monoisotopic (exact) mass is 425 g/mol. The summed E-state index contributed by atoms with van der Waals surface area (Å²) in [7, 11) is -3.25. The van der Waals surface area contributed by atoms with Crippen LogP contribution >= 0.6 is 11.3 Å². The van der Waals surface area contributed by atoms with Gasteiger partial charge in [-0.25, -0.2) is 22.7 Å². The van der Waals surface area contributed by atoms with Crippen molar-refractivity contribution in [1.82, 2.24) is 4.72 Å². The van der Waals surface area contributed by atoms with Crippen LogP contribution in [0.1, 0.15) is 24.9 Å². The SMILES string of the molecule is CS(=O)(=O)NCCc1ccc(C(=O)COC(=O)c2ccc(NC(N)=O)cc2)s1. The minimum absolute atomic E-state index is 0.224. The molecule has 0 saturated heterocycles. The Morgan fingerprint density at radius 2 is 1.79 bits per heavy atom. The maximum absolute atomic E-state index is 12.2. The zero-order valence-electron chi connectivity index (χ0n) is 14.9. The van der Waals surface area contributed by atoms with Gasteiger partial charge < -0.3 is 15.8 Å². The number of carbonyl (C=O) groups excluding carboxylic acids is 3. The average molecular weight is 425 g/mol. The first-order chi connectivity index (χ1) is 13.1. The number of ether oxygens (including phenoxy) is 1. The van der Waals surface area contributed by atoms with E-state index in [0.717, 1.165) is 11.1 Å². The number of thiophene rings is 1. The highest BCUT2D eigenvalue weighted by atomic mass is 32.2. The van der Waals surface area contributed by atoms with Crippen LogP contribution in [0.2, 0.25) is 0 Å². The number of sulfonamides is 1. The van der Waals surface area contributed by atoms with E-state index in [1.807, 2.05) is 0 Å². The van der Waals surface area contributed by atoms with E-state index >= 15 is 0 Å². The fraction of sp³-hybridized carbons (Fsp3) is 0.235. The lowest BCUT2D eigenvalue weighted by Gasteiger charge is -2.05. The molecule has 2 aromatic rings. The molecule has 2 rings (SSSR count). The highest BCUT2D eigenvalue weighted by Crippen LogP contribution is 2.18. The quantitative estimate of drug-likeness (QED) is 0.409. The molecule has 150 valence electrons. The van der Waals surface area contributed by atoms with Gasteiger partial charge in [0.25, 0.3) is 0 Å². The van der Waals surface area contributed by atoms with Crippen LogP contribution in [0.15, 0.2) is 36.4 Å². The highest BCUT2D eigenvalue weighted by molar-refractivity contribution is 7.88. The molecule has 4 N–H and O–H groups in total. The molecule has 9 nitrogen and oxygen atoms in total. The highest BCUT2D eigenvalue weighted by Gasteiger charge is 2.14. The summed E-state index contributed by atoms with van der Waals surface area (Å²) in [5.74, 6) is -1.03. The van der Waals surface area contributed by atoms with Crippen LogP contribution in [0, 0.1) is 0 Å². The Kier molecular flexibility index (Phi) is 7.26. The predicted molar refractivity (Wildman–Crippen MR) is 105 cm³/mol. The molecule has 1 aromatic heterocycles. The fourth-order valence-electron chi connectivity index (χ4n) is 2.14. The summed E-state index contributed by atoms with van der Waals surface area (Å²) in [6.45, 7) is -0.176. The van der Waals surface area contributed by atoms with Crippen molar-refractivity contribution in [3.05, 3.63) is 51.7 Å². The third-order valence-corrected chi connectivity index (χ3v) is 5.31. The van der Waals surface area contributed by atoms with Gasteiger partial charge in [-0.15, -0.1) is 11.3 Å². The van der Waals surface area contributed by atoms with E-state index in [2.05, 4.69) is 10.0 Å². The van der Waals surface area contributed by atoms with Crippen molar-refractivity contribution in [3.63, 3.8) is 0 Å². The molecule has 0 radical (unpaired) electrons. The molecule has 0 spiro atoms. The molecule has 2 amide bonds. The number of rotatable bonds is 9. The molecule has 0 unspecified atom stereocenters. The lowest BCUT2D eigenvalue weighted by molar-refractivity contribution is 0.0476. The standard InChI is InChI=1S/C17H19N3O6S2/c1-28(24,25)19-9-8-13-6-7-15(27-13)14(21)10-26-16(22)11-2-4-12(5-3-11)20-17(18)23/h2-7,19H,8-10H2,1H3,(H3,18,20,23). The average Bonchev–Trinajstić information content (AvgIpc) is 3.07. The summed E-state index contributed by atoms with van der Waals surface area (Å²) in [5.41, 5.74) is 5.65. The third-order valence-electron chi connectivity index (χ3n) is 3.39. The molecular formula is C17H19N3O6S2. The maximum atomic E-state index is 12.2. The van der Waals surface area contributed by atoms with Crippen molar-refractivity contribution in [2.45, 2.75) is 6.42 Å². The van der Waals surface area contributed by atoms with E-state index in [9.17, 15) is 22.8 Å². The summed E-state index contributed by atoms with van der Waals surface area (Å²) in [5, 5.41) is 2.36. The van der Waals surface area contributed by atoms with Gasteiger partial charge in [0, 0.05) is 17.1 Å². The molecule has 1 aromatic carbocycles. The Hall–Kier alpha value is -2.76. The Labute approximate surface area is 165 Å².